The SMILES string of the molecule is CNCCN.Cl. The van der Waals surface area contributed by atoms with Crippen molar-refractivity contribution in [3.63, 3.8) is 0 Å². The van der Waals surface area contributed by atoms with E-state index in [1.165, 1.54) is 0 Å². The van der Waals surface area contributed by atoms with Gasteiger partial charge in [0.2, 0.25) is 0 Å². The summed E-state index contributed by atoms with van der Waals surface area (Å²) in [7, 11) is 1.88. The maximum atomic E-state index is 5.08. The number of hydrogen-bond acceptors (Lipinski definition) is 2. The molecule has 0 aliphatic heterocycles. The van der Waals surface area contributed by atoms with Crippen LogP contribution in [0.5, 0.6) is 0 Å². The molecule has 3 N–H and O–H groups in total. The smallest absolute Gasteiger partial charge is 0.00714 e. The Morgan fingerprint density at radius 2 is 2.17 bits per heavy atom. The van der Waals surface area contributed by atoms with Gasteiger partial charge in [0.25, 0.3) is 0 Å². The summed E-state index contributed by atoms with van der Waals surface area (Å²) in [5.74, 6) is 0. The van der Waals surface area contributed by atoms with Crippen LogP contribution in [0.3, 0.4) is 0 Å². The van der Waals surface area contributed by atoms with Crippen LogP contribution in [0.2, 0.25) is 0 Å². The highest BCUT2D eigenvalue weighted by atomic mass is 35.5. The predicted molar refractivity (Wildman–Crippen MR) is 30.2 cm³/mol. The van der Waals surface area contributed by atoms with E-state index in [-0.39, 0.29) is 12.4 Å². The molecule has 40 valence electrons. The van der Waals surface area contributed by atoms with Gasteiger partial charge in [-0.15, -0.1) is 12.4 Å². The Kier molecular flexibility index (Phi) is 14.2. The van der Waals surface area contributed by atoms with Crippen LogP contribution < -0.4 is 11.1 Å². The van der Waals surface area contributed by atoms with Crippen molar-refractivity contribution in [3.05, 3.63) is 0 Å². The third-order valence-corrected chi connectivity index (χ3v) is 0.394. The van der Waals surface area contributed by atoms with E-state index in [9.17, 15) is 0 Å². The van der Waals surface area contributed by atoms with E-state index >= 15 is 0 Å². The van der Waals surface area contributed by atoms with Crippen LogP contribution in [-0.4, -0.2) is 20.1 Å². The molecule has 0 heterocycles. The summed E-state index contributed by atoms with van der Waals surface area (Å²) in [6.07, 6.45) is 0. The minimum atomic E-state index is 0. The highest BCUT2D eigenvalue weighted by molar-refractivity contribution is 5.85. The second-order valence-electron chi connectivity index (χ2n) is 0.892. The molecule has 0 atom stereocenters. The molecule has 0 bridgehead atoms. The fraction of sp³-hybridized carbons (Fsp3) is 1.00. The molecule has 0 fully saturated rings. The van der Waals surface area contributed by atoms with Crippen molar-refractivity contribution in [2.75, 3.05) is 20.1 Å². The number of rotatable bonds is 2. The van der Waals surface area contributed by atoms with Crippen LogP contribution in [0.1, 0.15) is 0 Å². The number of likely N-dealkylation sites (N-methyl/N-ethyl adjacent to an activating group) is 1. The lowest BCUT2D eigenvalue weighted by atomic mass is 10.7. The van der Waals surface area contributed by atoms with Crippen LogP contribution in [0, 0.1) is 0 Å². The first kappa shape index (κ1) is 9.51. The van der Waals surface area contributed by atoms with Gasteiger partial charge in [0.05, 0.1) is 0 Å². The van der Waals surface area contributed by atoms with Gasteiger partial charge in [-0.2, -0.15) is 0 Å². The molecule has 0 aromatic carbocycles. The Hall–Kier alpha value is 0.210. The molecule has 0 radical (unpaired) electrons. The topological polar surface area (TPSA) is 38.0 Å². The van der Waals surface area contributed by atoms with Gasteiger partial charge in [0.15, 0.2) is 0 Å². The first-order chi connectivity index (χ1) is 2.41. The van der Waals surface area contributed by atoms with Gasteiger partial charge in [-0.05, 0) is 7.05 Å². The predicted octanol–water partition coefficient (Wildman–Crippen LogP) is -0.414. The molecule has 0 aromatic rings. The van der Waals surface area contributed by atoms with Gasteiger partial charge in [-0.3, -0.25) is 0 Å². The number of halogens is 1. The summed E-state index contributed by atoms with van der Waals surface area (Å²) in [5, 5.41) is 2.89. The number of nitrogens with one attached hydrogen (secondary N) is 1. The molecule has 0 saturated heterocycles. The van der Waals surface area contributed by atoms with E-state index in [0.29, 0.717) is 0 Å². The average Bonchev–Trinajstić information content (AvgIpc) is 1.41. The van der Waals surface area contributed by atoms with E-state index in [4.69, 9.17) is 5.73 Å². The largest absolute Gasteiger partial charge is 0.329 e. The van der Waals surface area contributed by atoms with Gasteiger partial charge >= 0.3 is 0 Å². The molecule has 0 unspecified atom stereocenters. The molecule has 0 aliphatic carbocycles. The van der Waals surface area contributed by atoms with Crippen LogP contribution >= 0.6 is 12.4 Å². The Balaban J connectivity index is 0. The van der Waals surface area contributed by atoms with E-state index in [1.807, 2.05) is 7.05 Å². The van der Waals surface area contributed by atoms with Crippen LogP contribution in [0.4, 0.5) is 0 Å². The summed E-state index contributed by atoms with van der Waals surface area (Å²) in [4.78, 5) is 0. The molecule has 0 amide bonds. The Bertz CT molecular complexity index is 16.3. The summed E-state index contributed by atoms with van der Waals surface area (Å²) >= 11 is 0. The first-order valence-electron chi connectivity index (χ1n) is 1.76. The molecule has 0 aliphatic rings. The zero-order valence-electron chi connectivity index (χ0n) is 3.90. The molecule has 0 saturated carbocycles. The fourth-order valence-electron chi connectivity index (χ4n) is 0.144. The van der Waals surface area contributed by atoms with Crippen molar-refractivity contribution in [3.8, 4) is 0 Å². The highest BCUT2D eigenvalue weighted by Crippen LogP contribution is 1.37. The summed E-state index contributed by atoms with van der Waals surface area (Å²) in [6, 6.07) is 0. The second kappa shape index (κ2) is 8.96. The molecule has 0 aromatic heterocycles. The number of hydrogen-bond donors (Lipinski definition) is 2. The third kappa shape index (κ3) is 8.88. The minimum Gasteiger partial charge on any atom is -0.329 e. The lowest BCUT2D eigenvalue weighted by Crippen LogP contribution is -2.17. The van der Waals surface area contributed by atoms with Crippen molar-refractivity contribution < 1.29 is 0 Å². The van der Waals surface area contributed by atoms with Crippen LogP contribution in [0.25, 0.3) is 0 Å². The van der Waals surface area contributed by atoms with Gasteiger partial charge < -0.3 is 11.1 Å². The quantitative estimate of drug-likeness (QED) is 0.507. The van der Waals surface area contributed by atoms with Crippen LogP contribution in [-0.2, 0) is 0 Å². The van der Waals surface area contributed by atoms with Crippen molar-refractivity contribution in [1.29, 1.82) is 0 Å². The highest BCUT2D eigenvalue weighted by Gasteiger charge is 1.64. The summed E-state index contributed by atoms with van der Waals surface area (Å²) < 4.78 is 0. The van der Waals surface area contributed by atoms with E-state index < -0.39 is 0 Å². The standard InChI is InChI=1S/C3H10N2.ClH/c1-5-3-2-4;/h5H,2-4H2,1H3;1H. The maximum Gasteiger partial charge on any atom is 0.00714 e. The lowest BCUT2D eigenvalue weighted by Gasteiger charge is -1.85. The molecule has 0 rings (SSSR count). The molecule has 2 nitrogen and oxygen atoms in total. The van der Waals surface area contributed by atoms with E-state index in [1.54, 1.807) is 0 Å². The van der Waals surface area contributed by atoms with Gasteiger partial charge in [-0.25, -0.2) is 0 Å². The first-order valence-corrected chi connectivity index (χ1v) is 1.76. The monoisotopic (exact) mass is 110 g/mol. The van der Waals surface area contributed by atoms with E-state index in [0.717, 1.165) is 13.1 Å². The van der Waals surface area contributed by atoms with Gasteiger partial charge in [0.1, 0.15) is 0 Å². The molecular formula is C3H11ClN2. The van der Waals surface area contributed by atoms with Crippen molar-refractivity contribution in [2.45, 2.75) is 0 Å². The Morgan fingerprint density at radius 1 is 1.67 bits per heavy atom. The lowest BCUT2D eigenvalue weighted by molar-refractivity contribution is 0.802. The Labute approximate surface area is 44.5 Å². The van der Waals surface area contributed by atoms with Crippen molar-refractivity contribution >= 4 is 12.4 Å². The Morgan fingerprint density at radius 3 is 2.17 bits per heavy atom. The minimum absolute atomic E-state index is 0. The van der Waals surface area contributed by atoms with Gasteiger partial charge in [0, 0.05) is 13.1 Å². The molecule has 3 heteroatoms. The summed E-state index contributed by atoms with van der Waals surface area (Å²) in [5.41, 5.74) is 5.08. The average molecular weight is 111 g/mol. The fourth-order valence-corrected chi connectivity index (χ4v) is 0.144. The number of nitrogens with two attached hydrogens (primary N) is 1. The van der Waals surface area contributed by atoms with Crippen molar-refractivity contribution in [1.82, 2.24) is 5.32 Å². The van der Waals surface area contributed by atoms with Gasteiger partial charge in [-0.1, -0.05) is 0 Å². The summed E-state index contributed by atoms with van der Waals surface area (Å²) in [6.45, 7) is 1.65. The maximum absolute atomic E-state index is 5.08. The molecule has 0 spiro atoms. The van der Waals surface area contributed by atoms with Crippen molar-refractivity contribution in [2.24, 2.45) is 5.73 Å². The normalized spacial score (nSPS) is 7.00. The zero-order chi connectivity index (χ0) is 4.12. The third-order valence-electron chi connectivity index (χ3n) is 0.394. The van der Waals surface area contributed by atoms with Crippen LogP contribution in [0.15, 0.2) is 0 Å². The molecule has 6 heavy (non-hydrogen) atoms. The molecular weight excluding hydrogens is 99.5 g/mol. The second-order valence-corrected chi connectivity index (χ2v) is 0.892. The zero-order valence-corrected chi connectivity index (χ0v) is 4.72. The van der Waals surface area contributed by atoms with E-state index in [2.05, 4.69) is 5.32 Å².